The maximum absolute atomic E-state index is 10.2. The summed E-state index contributed by atoms with van der Waals surface area (Å²) in [6.45, 7) is 0.595. The molecule has 1 heterocycles. The Morgan fingerprint density at radius 2 is 2.44 bits per heavy atom. The predicted octanol–water partition coefficient (Wildman–Crippen LogP) is -1.22. The molecule has 1 aliphatic heterocycles. The van der Waals surface area contributed by atoms with Crippen LogP contribution in [0.25, 0.3) is 0 Å². The molecule has 0 spiro atoms. The highest BCUT2D eigenvalue weighted by atomic mass is 16.4. The Labute approximate surface area is 53.0 Å². The van der Waals surface area contributed by atoms with Crippen LogP contribution in [0.3, 0.4) is 0 Å². The minimum Gasteiger partial charge on any atom is -0.480 e. The van der Waals surface area contributed by atoms with Crippen LogP contribution >= 0.6 is 0 Å². The van der Waals surface area contributed by atoms with E-state index in [9.17, 15) is 4.79 Å². The van der Waals surface area contributed by atoms with E-state index in [0.717, 1.165) is 0 Å². The number of aliphatic carboxylic acids is 1. The molecule has 1 aliphatic rings. The molecule has 0 aromatic rings. The van der Waals surface area contributed by atoms with Crippen LogP contribution in [-0.2, 0) is 4.79 Å². The molecule has 0 bridgehead atoms. The van der Waals surface area contributed by atoms with Crippen LogP contribution in [0.1, 0.15) is 6.42 Å². The van der Waals surface area contributed by atoms with Gasteiger partial charge < -0.3 is 10.8 Å². The van der Waals surface area contributed by atoms with Gasteiger partial charge >= 0.3 is 5.97 Å². The smallest absolute Gasteiger partial charge is 0.323 e. The standard InChI is InChI=1S/C5H9N2O2/c6-3-1-2-7-4(3)5(8)9/h3-4H,1-2,6H2,(H,8,9). The second kappa shape index (κ2) is 2.33. The summed E-state index contributed by atoms with van der Waals surface area (Å²) >= 11 is 0. The van der Waals surface area contributed by atoms with Gasteiger partial charge in [-0.2, -0.15) is 0 Å². The summed E-state index contributed by atoms with van der Waals surface area (Å²) in [4.78, 5) is 10.2. The molecule has 1 fully saturated rings. The van der Waals surface area contributed by atoms with Crippen LogP contribution in [0.15, 0.2) is 0 Å². The lowest BCUT2D eigenvalue weighted by Gasteiger charge is -2.06. The molecule has 3 N–H and O–H groups in total. The molecule has 4 heteroatoms. The van der Waals surface area contributed by atoms with E-state index in [1.54, 1.807) is 0 Å². The number of hydrogen-bond donors (Lipinski definition) is 2. The molecule has 0 amide bonds. The van der Waals surface area contributed by atoms with Crippen molar-refractivity contribution in [2.75, 3.05) is 6.54 Å². The Hall–Kier alpha value is -0.610. The quantitative estimate of drug-likeness (QED) is 0.465. The minimum absolute atomic E-state index is 0.262. The topological polar surface area (TPSA) is 77.4 Å². The van der Waals surface area contributed by atoms with E-state index >= 15 is 0 Å². The Morgan fingerprint density at radius 3 is 2.67 bits per heavy atom. The molecule has 9 heavy (non-hydrogen) atoms. The predicted molar refractivity (Wildman–Crippen MR) is 31.0 cm³/mol. The summed E-state index contributed by atoms with van der Waals surface area (Å²) in [6.07, 6.45) is 0.705. The monoisotopic (exact) mass is 129 g/mol. The lowest BCUT2D eigenvalue weighted by atomic mass is 10.1. The molecule has 2 unspecified atom stereocenters. The molecule has 0 aromatic carbocycles. The average Bonchev–Trinajstić information content (AvgIpc) is 2.13. The third-order valence-electron chi connectivity index (χ3n) is 1.45. The molecule has 0 saturated carbocycles. The Morgan fingerprint density at radius 1 is 1.78 bits per heavy atom. The molecule has 1 rings (SSSR count). The number of carboxylic acid groups (broad SMARTS) is 1. The van der Waals surface area contributed by atoms with Crippen LogP contribution in [-0.4, -0.2) is 29.7 Å². The van der Waals surface area contributed by atoms with Gasteiger partial charge in [-0.25, -0.2) is 5.32 Å². The lowest BCUT2D eigenvalue weighted by Crippen LogP contribution is -2.39. The average molecular weight is 129 g/mol. The number of hydrogen-bond acceptors (Lipinski definition) is 2. The van der Waals surface area contributed by atoms with Crippen molar-refractivity contribution in [3.05, 3.63) is 0 Å². The highest BCUT2D eigenvalue weighted by Crippen LogP contribution is 2.05. The fourth-order valence-electron chi connectivity index (χ4n) is 0.917. The van der Waals surface area contributed by atoms with Gasteiger partial charge in [-0.15, -0.1) is 0 Å². The third-order valence-corrected chi connectivity index (χ3v) is 1.45. The van der Waals surface area contributed by atoms with Crippen molar-refractivity contribution < 1.29 is 9.90 Å². The van der Waals surface area contributed by atoms with E-state index in [-0.39, 0.29) is 6.04 Å². The number of carboxylic acids is 1. The highest BCUT2D eigenvalue weighted by Gasteiger charge is 2.30. The lowest BCUT2D eigenvalue weighted by molar-refractivity contribution is -0.139. The number of carbonyl (C=O) groups is 1. The van der Waals surface area contributed by atoms with Crippen LogP contribution in [0.5, 0.6) is 0 Å². The highest BCUT2D eigenvalue weighted by molar-refractivity contribution is 5.74. The van der Waals surface area contributed by atoms with Crippen molar-refractivity contribution in [1.82, 2.24) is 5.32 Å². The molecule has 1 radical (unpaired) electrons. The first-order valence-corrected chi connectivity index (χ1v) is 2.87. The summed E-state index contributed by atoms with van der Waals surface area (Å²) in [6, 6.07) is -0.910. The van der Waals surface area contributed by atoms with Gasteiger partial charge in [-0.3, -0.25) is 4.79 Å². The first-order chi connectivity index (χ1) is 4.22. The van der Waals surface area contributed by atoms with E-state index < -0.39 is 12.0 Å². The second-order valence-electron chi connectivity index (χ2n) is 2.14. The summed E-state index contributed by atoms with van der Waals surface area (Å²) in [7, 11) is 0. The van der Waals surface area contributed by atoms with Crippen molar-refractivity contribution in [2.45, 2.75) is 18.5 Å². The fourth-order valence-corrected chi connectivity index (χ4v) is 0.917. The Bertz CT molecular complexity index is 126. The molecule has 51 valence electrons. The number of rotatable bonds is 1. The molecule has 2 atom stereocenters. The summed E-state index contributed by atoms with van der Waals surface area (Å²) < 4.78 is 0. The van der Waals surface area contributed by atoms with Crippen molar-refractivity contribution in [3.63, 3.8) is 0 Å². The zero-order chi connectivity index (χ0) is 6.85. The van der Waals surface area contributed by atoms with Crippen LogP contribution in [0, 0.1) is 0 Å². The SMILES string of the molecule is NC1CC[N]C1C(=O)O. The zero-order valence-electron chi connectivity index (χ0n) is 4.95. The molecule has 1 saturated heterocycles. The van der Waals surface area contributed by atoms with Gasteiger partial charge in [-0.1, -0.05) is 0 Å². The van der Waals surface area contributed by atoms with Crippen LogP contribution < -0.4 is 11.1 Å². The normalized spacial score (nSPS) is 34.8. The van der Waals surface area contributed by atoms with Gasteiger partial charge in [0.1, 0.15) is 6.04 Å². The van der Waals surface area contributed by atoms with Crippen LogP contribution in [0.2, 0.25) is 0 Å². The minimum atomic E-state index is -0.903. The molecular formula is C5H9N2O2. The van der Waals surface area contributed by atoms with E-state index in [1.165, 1.54) is 0 Å². The Kier molecular flexibility index (Phi) is 1.68. The van der Waals surface area contributed by atoms with Gasteiger partial charge in [0.05, 0.1) is 0 Å². The maximum atomic E-state index is 10.2. The third kappa shape index (κ3) is 1.20. The molecular weight excluding hydrogens is 120 g/mol. The number of nitrogens with zero attached hydrogens (tertiary/aromatic N) is 1. The van der Waals surface area contributed by atoms with E-state index in [4.69, 9.17) is 10.8 Å². The van der Waals surface area contributed by atoms with Crippen molar-refractivity contribution in [2.24, 2.45) is 5.73 Å². The van der Waals surface area contributed by atoms with Crippen molar-refractivity contribution in [1.29, 1.82) is 0 Å². The van der Waals surface area contributed by atoms with Gasteiger partial charge in [0.2, 0.25) is 0 Å². The van der Waals surface area contributed by atoms with Crippen molar-refractivity contribution >= 4 is 5.97 Å². The molecule has 0 aliphatic carbocycles. The summed E-state index contributed by atoms with van der Waals surface area (Å²) in [5, 5.41) is 12.2. The first kappa shape index (κ1) is 6.51. The first-order valence-electron chi connectivity index (χ1n) is 2.87. The summed E-state index contributed by atoms with van der Waals surface area (Å²) in [5.74, 6) is -0.903. The van der Waals surface area contributed by atoms with Crippen LogP contribution in [0.4, 0.5) is 0 Å². The van der Waals surface area contributed by atoms with E-state index in [1.807, 2.05) is 0 Å². The van der Waals surface area contributed by atoms with E-state index in [2.05, 4.69) is 5.32 Å². The largest absolute Gasteiger partial charge is 0.480 e. The van der Waals surface area contributed by atoms with Gasteiger partial charge in [0.25, 0.3) is 0 Å². The zero-order valence-corrected chi connectivity index (χ0v) is 4.95. The molecule has 4 nitrogen and oxygen atoms in total. The molecule has 0 aromatic heterocycles. The maximum Gasteiger partial charge on any atom is 0.323 e. The van der Waals surface area contributed by atoms with Crippen molar-refractivity contribution in [3.8, 4) is 0 Å². The van der Waals surface area contributed by atoms with Gasteiger partial charge in [0.15, 0.2) is 0 Å². The van der Waals surface area contributed by atoms with Gasteiger partial charge in [-0.05, 0) is 6.42 Å². The second-order valence-corrected chi connectivity index (χ2v) is 2.14. The number of nitrogens with two attached hydrogens (primary N) is 1. The fraction of sp³-hybridized carbons (Fsp3) is 0.800. The Balaban J connectivity index is 2.49. The van der Waals surface area contributed by atoms with Gasteiger partial charge in [0, 0.05) is 12.6 Å². The summed E-state index contributed by atoms with van der Waals surface area (Å²) in [5.41, 5.74) is 5.41. The van der Waals surface area contributed by atoms with E-state index in [0.29, 0.717) is 13.0 Å².